The third-order valence-corrected chi connectivity index (χ3v) is 4.04. The highest BCUT2D eigenvalue weighted by atomic mass is 16.5. The first-order chi connectivity index (χ1) is 10.5. The minimum Gasteiger partial charge on any atom is -0.493 e. The quantitative estimate of drug-likeness (QED) is 0.616. The first-order valence-corrected chi connectivity index (χ1v) is 8.77. The lowest BCUT2D eigenvalue weighted by atomic mass is 9.77. The highest BCUT2D eigenvalue weighted by Gasteiger charge is 2.28. The Morgan fingerprint density at radius 1 is 1.04 bits per heavy atom. The van der Waals surface area contributed by atoms with Gasteiger partial charge in [0.25, 0.3) is 0 Å². The van der Waals surface area contributed by atoms with Crippen LogP contribution in [-0.2, 0) is 17.3 Å². The van der Waals surface area contributed by atoms with Gasteiger partial charge in [0, 0.05) is 17.0 Å². The van der Waals surface area contributed by atoms with E-state index in [9.17, 15) is 0 Å². The molecule has 0 radical (unpaired) electrons. The lowest BCUT2D eigenvalue weighted by Gasteiger charge is -2.31. The summed E-state index contributed by atoms with van der Waals surface area (Å²) in [6, 6.07) is 4.60. The molecule has 0 aromatic heterocycles. The maximum Gasteiger partial charge on any atom is 0.126 e. The van der Waals surface area contributed by atoms with E-state index < -0.39 is 0 Å². The van der Waals surface area contributed by atoms with Crippen molar-refractivity contribution in [2.45, 2.75) is 79.1 Å². The fourth-order valence-corrected chi connectivity index (χ4v) is 2.69. The predicted octanol–water partition coefficient (Wildman–Crippen LogP) is 5.88. The van der Waals surface area contributed by atoms with E-state index in [0.717, 1.165) is 25.2 Å². The Morgan fingerprint density at radius 2 is 1.52 bits per heavy atom. The zero-order valence-corrected chi connectivity index (χ0v) is 16.3. The minimum absolute atomic E-state index is 0.0401. The van der Waals surface area contributed by atoms with E-state index in [2.05, 4.69) is 73.4 Å². The van der Waals surface area contributed by atoms with Crippen LogP contribution in [-0.4, -0.2) is 6.61 Å². The van der Waals surface area contributed by atoms with Crippen molar-refractivity contribution < 1.29 is 4.74 Å². The zero-order valence-electron chi connectivity index (χ0n) is 16.3. The summed E-state index contributed by atoms with van der Waals surface area (Å²) in [4.78, 5) is 0. The Hall–Kier alpha value is -1.42. The minimum atomic E-state index is 0.0401. The van der Waals surface area contributed by atoms with E-state index in [1.54, 1.807) is 0 Å². The van der Waals surface area contributed by atoms with Crippen LogP contribution in [0.2, 0.25) is 0 Å². The molecule has 1 aromatic carbocycles. The monoisotopic (exact) mass is 314 g/mol. The number of ether oxygens (including phenoxy) is 1. The summed E-state index contributed by atoms with van der Waals surface area (Å²) in [6.07, 6.45) is 7.52. The highest BCUT2D eigenvalue weighted by Crippen LogP contribution is 2.41. The molecule has 1 rings (SSSR count). The molecule has 0 aliphatic rings. The van der Waals surface area contributed by atoms with Crippen molar-refractivity contribution in [2.24, 2.45) is 5.92 Å². The van der Waals surface area contributed by atoms with E-state index in [-0.39, 0.29) is 16.7 Å². The van der Waals surface area contributed by atoms with Crippen molar-refractivity contribution in [3.8, 4) is 18.1 Å². The SMILES string of the molecule is C#CC(C)Cc1cc(C(C)(C)C)c(OCCC)c(C(C)(C)C)c1. The largest absolute Gasteiger partial charge is 0.493 e. The molecule has 0 spiro atoms. The van der Waals surface area contributed by atoms with Crippen molar-refractivity contribution in [3.05, 3.63) is 28.8 Å². The second-order valence-electron chi connectivity index (χ2n) is 8.64. The molecule has 0 amide bonds. The average molecular weight is 315 g/mol. The summed E-state index contributed by atoms with van der Waals surface area (Å²) in [5.41, 5.74) is 3.97. The average Bonchev–Trinajstić information content (AvgIpc) is 2.42. The smallest absolute Gasteiger partial charge is 0.126 e. The maximum atomic E-state index is 6.22. The predicted molar refractivity (Wildman–Crippen MR) is 101 cm³/mol. The fourth-order valence-electron chi connectivity index (χ4n) is 2.69. The van der Waals surface area contributed by atoms with E-state index >= 15 is 0 Å². The second-order valence-corrected chi connectivity index (χ2v) is 8.64. The van der Waals surface area contributed by atoms with Gasteiger partial charge in [0.2, 0.25) is 0 Å². The molecule has 128 valence electrons. The molecule has 0 saturated carbocycles. The molecule has 1 atom stereocenters. The second kappa shape index (κ2) is 7.43. The van der Waals surface area contributed by atoms with Crippen molar-refractivity contribution >= 4 is 0 Å². The van der Waals surface area contributed by atoms with E-state index in [1.807, 2.05) is 0 Å². The summed E-state index contributed by atoms with van der Waals surface area (Å²) in [7, 11) is 0. The standard InChI is InChI=1S/C22H34O/c1-10-12-23-20-18(21(4,5)6)14-17(13-16(3)11-2)15-19(20)22(7,8)9/h2,14-16H,10,12-13H2,1,3-9H3. The van der Waals surface area contributed by atoms with E-state index in [0.29, 0.717) is 0 Å². The van der Waals surface area contributed by atoms with E-state index in [4.69, 9.17) is 11.2 Å². The molecule has 0 bridgehead atoms. The van der Waals surface area contributed by atoms with Gasteiger partial charge in [0.1, 0.15) is 5.75 Å². The third-order valence-electron chi connectivity index (χ3n) is 4.04. The van der Waals surface area contributed by atoms with Crippen LogP contribution >= 0.6 is 0 Å². The maximum absolute atomic E-state index is 6.22. The molecule has 0 aliphatic heterocycles. The molecule has 0 saturated heterocycles. The molecule has 0 heterocycles. The summed E-state index contributed by atoms with van der Waals surface area (Å²) >= 11 is 0. The Balaban J connectivity index is 3.55. The van der Waals surface area contributed by atoms with Crippen molar-refractivity contribution in [1.82, 2.24) is 0 Å². The third kappa shape index (κ3) is 5.31. The Morgan fingerprint density at radius 3 is 1.87 bits per heavy atom. The molecular formula is C22H34O. The molecule has 0 aliphatic carbocycles. The number of hydrogen-bond donors (Lipinski definition) is 0. The lowest BCUT2D eigenvalue weighted by molar-refractivity contribution is 0.299. The normalized spacial score (nSPS) is 13.5. The van der Waals surface area contributed by atoms with Crippen molar-refractivity contribution in [1.29, 1.82) is 0 Å². The number of terminal acetylenes is 1. The molecule has 0 fully saturated rings. The van der Waals surface area contributed by atoms with Crippen molar-refractivity contribution in [3.63, 3.8) is 0 Å². The van der Waals surface area contributed by atoms with Gasteiger partial charge in [-0.15, -0.1) is 12.3 Å². The van der Waals surface area contributed by atoms with Gasteiger partial charge < -0.3 is 4.74 Å². The lowest BCUT2D eigenvalue weighted by Crippen LogP contribution is -2.21. The van der Waals surface area contributed by atoms with Crippen LogP contribution in [0.1, 0.15) is 78.5 Å². The first kappa shape index (κ1) is 19.6. The van der Waals surface area contributed by atoms with Crippen LogP contribution in [0, 0.1) is 18.3 Å². The van der Waals surface area contributed by atoms with Crippen LogP contribution in [0.5, 0.6) is 5.75 Å². The van der Waals surface area contributed by atoms with Gasteiger partial charge >= 0.3 is 0 Å². The van der Waals surface area contributed by atoms with Gasteiger partial charge in [-0.25, -0.2) is 0 Å². The molecule has 1 aromatic rings. The van der Waals surface area contributed by atoms with Gasteiger partial charge in [-0.05, 0) is 29.2 Å². The molecule has 1 unspecified atom stereocenters. The van der Waals surface area contributed by atoms with Gasteiger partial charge in [-0.1, -0.05) is 67.5 Å². The molecule has 0 N–H and O–H groups in total. The molecule has 1 heteroatoms. The highest BCUT2D eigenvalue weighted by molar-refractivity contribution is 5.51. The molecule has 23 heavy (non-hydrogen) atoms. The molecule has 1 nitrogen and oxygen atoms in total. The summed E-state index contributed by atoms with van der Waals surface area (Å²) in [5.74, 6) is 4.17. The van der Waals surface area contributed by atoms with Crippen LogP contribution in [0.15, 0.2) is 12.1 Å². The van der Waals surface area contributed by atoms with Crippen molar-refractivity contribution in [2.75, 3.05) is 6.61 Å². The number of hydrogen-bond acceptors (Lipinski definition) is 1. The van der Waals surface area contributed by atoms with Crippen LogP contribution < -0.4 is 4.74 Å². The first-order valence-electron chi connectivity index (χ1n) is 8.77. The topological polar surface area (TPSA) is 9.23 Å². The van der Waals surface area contributed by atoms with Crippen LogP contribution in [0.4, 0.5) is 0 Å². The summed E-state index contributed by atoms with van der Waals surface area (Å²) in [6.45, 7) is 18.5. The van der Waals surface area contributed by atoms with Gasteiger partial charge in [-0.3, -0.25) is 0 Å². The fraction of sp³-hybridized carbons (Fsp3) is 0.636. The van der Waals surface area contributed by atoms with Gasteiger partial charge in [-0.2, -0.15) is 0 Å². The Labute approximate surface area is 143 Å². The van der Waals surface area contributed by atoms with Crippen LogP contribution in [0.25, 0.3) is 0 Å². The van der Waals surface area contributed by atoms with Crippen LogP contribution in [0.3, 0.4) is 0 Å². The van der Waals surface area contributed by atoms with Gasteiger partial charge in [0.05, 0.1) is 6.61 Å². The zero-order chi connectivity index (χ0) is 17.8. The summed E-state index contributed by atoms with van der Waals surface area (Å²) < 4.78 is 6.22. The van der Waals surface area contributed by atoms with E-state index in [1.165, 1.54) is 16.7 Å². The molecular weight excluding hydrogens is 280 g/mol. The summed E-state index contributed by atoms with van der Waals surface area (Å²) in [5, 5.41) is 0. The Bertz CT molecular complexity index is 526. The number of benzene rings is 1. The number of rotatable bonds is 5. The Kier molecular flexibility index (Phi) is 6.34. The van der Waals surface area contributed by atoms with Gasteiger partial charge in [0.15, 0.2) is 0 Å².